The summed E-state index contributed by atoms with van der Waals surface area (Å²) in [5.41, 5.74) is 5.56. The zero-order valence-electron chi connectivity index (χ0n) is 22.2. The van der Waals surface area contributed by atoms with E-state index in [1.165, 1.54) is 37.7 Å². The highest BCUT2D eigenvalue weighted by Crippen LogP contribution is 2.36. The lowest BCUT2D eigenvalue weighted by molar-refractivity contribution is -0.139. The predicted molar refractivity (Wildman–Crippen MR) is 150 cm³/mol. The number of halogens is 1. The van der Waals surface area contributed by atoms with Crippen molar-refractivity contribution in [2.45, 2.75) is 57.8 Å². The SMILES string of the molecule is C=C(C)C(=O)OCCOc1cc(CCCO)ccc1-c1ccc(-c2ccc(C3CCCCC3)cc2)cc1F. The van der Waals surface area contributed by atoms with Gasteiger partial charge in [0.25, 0.3) is 0 Å². The summed E-state index contributed by atoms with van der Waals surface area (Å²) in [6, 6.07) is 19.5. The molecule has 0 unspecified atom stereocenters. The smallest absolute Gasteiger partial charge is 0.333 e. The van der Waals surface area contributed by atoms with Gasteiger partial charge in [0, 0.05) is 23.3 Å². The summed E-state index contributed by atoms with van der Waals surface area (Å²) in [7, 11) is 0. The number of hydrogen-bond acceptors (Lipinski definition) is 4. The van der Waals surface area contributed by atoms with Crippen molar-refractivity contribution >= 4 is 5.97 Å². The highest BCUT2D eigenvalue weighted by molar-refractivity contribution is 5.86. The van der Waals surface area contributed by atoms with Gasteiger partial charge >= 0.3 is 5.97 Å². The molecule has 0 aliphatic heterocycles. The van der Waals surface area contributed by atoms with Gasteiger partial charge in [-0.15, -0.1) is 0 Å². The first-order chi connectivity index (χ1) is 18.5. The molecule has 0 atom stereocenters. The Labute approximate surface area is 225 Å². The topological polar surface area (TPSA) is 55.8 Å². The van der Waals surface area contributed by atoms with Crippen LogP contribution in [-0.4, -0.2) is 30.9 Å². The molecule has 0 radical (unpaired) electrons. The second-order valence-electron chi connectivity index (χ2n) is 10.1. The van der Waals surface area contributed by atoms with Gasteiger partial charge < -0.3 is 14.6 Å². The Morgan fingerprint density at radius 2 is 1.66 bits per heavy atom. The first kappa shape index (κ1) is 27.6. The molecule has 0 saturated heterocycles. The van der Waals surface area contributed by atoms with Crippen molar-refractivity contribution in [1.29, 1.82) is 0 Å². The van der Waals surface area contributed by atoms with Crippen molar-refractivity contribution in [1.82, 2.24) is 0 Å². The van der Waals surface area contributed by atoms with E-state index in [2.05, 4.69) is 30.8 Å². The van der Waals surface area contributed by atoms with Crippen molar-refractivity contribution in [3.05, 3.63) is 89.8 Å². The molecular formula is C33H37FO4. The van der Waals surface area contributed by atoms with Gasteiger partial charge in [-0.2, -0.15) is 0 Å². The van der Waals surface area contributed by atoms with Gasteiger partial charge in [-0.1, -0.05) is 74.4 Å². The van der Waals surface area contributed by atoms with E-state index in [1.54, 1.807) is 19.1 Å². The van der Waals surface area contributed by atoms with Crippen LogP contribution in [0.15, 0.2) is 72.8 Å². The number of esters is 1. The van der Waals surface area contributed by atoms with E-state index in [0.717, 1.165) is 16.7 Å². The van der Waals surface area contributed by atoms with Crippen molar-refractivity contribution in [2.24, 2.45) is 0 Å². The highest BCUT2D eigenvalue weighted by Gasteiger charge is 2.17. The number of carbonyl (C=O) groups excluding carboxylic acids is 1. The van der Waals surface area contributed by atoms with E-state index >= 15 is 4.39 Å². The third kappa shape index (κ3) is 7.11. The van der Waals surface area contributed by atoms with Crippen LogP contribution in [0, 0.1) is 5.82 Å². The molecule has 3 aromatic rings. The Kier molecular flexibility index (Phi) is 9.72. The van der Waals surface area contributed by atoms with E-state index in [1.807, 2.05) is 24.3 Å². The number of carbonyl (C=O) groups is 1. The molecule has 0 heterocycles. The molecule has 4 nitrogen and oxygen atoms in total. The van der Waals surface area contributed by atoms with Gasteiger partial charge in [-0.3, -0.25) is 0 Å². The zero-order valence-corrected chi connectivity index (χ0v) is 22.2. The Hall–Kier alpha value is -3.44. The third-order valence-electron chi connectivity index (χ3n) is 7.17. The van der Waals surface area contributed by atoms with Crippen molar-refractivity contribution in [2.75, 3.05) is 19.8 Å². The number of benzene rings is 3. The van der Waals surface area contributed by atoms with Crippen LogP contribution in [0.1, 0.15) is 62.5 Å². The maximum Gasteiger partial charge on any atom is 0.333 e. The molecule has 0 amide bonds. The third-order valence-corrected chi connectivity index (χ3v) is 7.17. The predicted octanol–water partition coefficient (Wildman–Crippen LogP) is 7.63. The number of rotatable bonds is 11. The number of hydrogen-bond donors (Lipinski definition) is 1. The molecule has 1 aliphatic carbocycles. The number of aryl methyl sites for hydroxylation is 1. The molecule has 1 saturated carbocycles. The molecule has 0 aromatic heterocycles. The minimum atomic E-state index is -0.473. The summed E-state index contributed by atoms with van der Waals surface area (Å²) >= 11 is 0. The molecule has 4 rings (SSSR count). The molecular weight excluding hydrogens is 479 g/mol. The van der Waals surface area contributed by atoms with Crippen LogP contribution in [-0.2, 0) is 16.0 Å². The number of aliphatic hydroxyl groups excluding tert-OH is 1. The van der Waals surface area contributed by atoms with Gasteiger partial charge in [0.05, 0.1) is 0 Å². The first-order valence-corrected chi connectivity index (χ1v) is 13.6. The van der Waals surface area contributed by atoms with Crippen molar-refractivity contribution < 1.29 is 23.8 Å². The number of aliphatic hydroxyl groups is 1. The van der Waals surface area contributed by atoms with E-state index in [-0.39, 0.29) is 25.6 Å². The van der Waals surface area contributed by atoms with Gasteiger partial charge in [0.15, 0.2) is 0 Å². The zero-order chi connectivity index (χ0) is 26.9. The second kappa shape index (κ2) is 13.4. The molecule has 1 fully saturated rings. The maximum absolute atomic E-state index is 15.5. The normalized spacial score (nSPS) is 13.8. The molecule has 1 N–H and O–H groups in total. The molecule has 3 aromatic carbocycles. The molecule has 5 heteroatoms. The van der Waals surface area contributed by atoms with E-state index in [9.17, 15) is 9.90 Å². The largest absolute Gasteiger partial charge is 0.489 e. The van der Waals surface area contributed by atoms with Crippen LogP contribution >= 0.6 is 0 Å². The fourth-order valence-electron chi connectivity index (χ4n) is 5.05. The van der Waals surface area contributed by atoms with Crippen LogP contribution in [0.2, 0.25) is 0 Å². The average Bonchev–Trinajstić information content (AvgIpc) is 2.95. The Balaban J connectivity index is 1.53. The standard InChI is InChI=1S/C33H37FO4/c1-23(2)33(36)38-20-19-37-32-21-24(7-6-18-35)10-16-30(32)29-17-15-28(22-31(29)34)27-13-11-26(12-14-27)25-8-4-3-5-9-25/h10-17,21-22,25,35H,1,3-9,18-20H2,2H3. The quantitative estimate of drug-likeness (QED) is 0.162. The van der Waals surface area contributed by atoms with Gasteiger partial charge in [-0.25, -0.2) is 9.18 Å². The summed E-state index contributed by atoms with van der Waals surface area (Å²) < 4.78 is 26.6. The fraction of sp³-hybridized carbons (Fsp3) is 0.364. The lowest BCUT2D eigenvalue weighted by Gasteiger charge is -2.22. The summed E-state index contributed by atoms with van der Waals surface area (Å²) in [5, 5.41) is 9.20. The van der Waals surface area contributed by atoms with Crippen LogP contribution < -0.4 is 4.74 Å². The minimum Gasteiger partial charge on any atom is -0.489 e. The monoisotopic (exact) mass is 516 g/mol. The average molecular weight is 517 g/mol. The summed E-state index contributed by atoms with van der Waals surface area (Å²) in [5.74, 6) is 0.342. The van der Waals surface area contributed by atoms with Gasteiger partial charge in [0.1, 0.15) is 24.8 Å². The minimum absolute atomic E-state index is 0.0598. The van der Waals surface area contributed by atoms with Gasteiger partial charge in [0.2, 0.25) is 0 Å². The van der Waals surface area contributed by atoms with Crippen LogP contribution in [0.3, 0.4) is 0 Å². The molecule has 0 bridgehead atoms. The Morgan fingerprint density at radius 1 is 0.947 bits per heavy atom. The highest BCUT2D eigenvalue weighted by atomic mass is 19.1. The van der Waals surface area contributed by atoms with Crippen molar-refractivity contribution in [3.63, 3.8) is 0 Å². The fourth-order valence-corrected chi connectivity index (χ4v) is 5.05. The summed E-state index contributed by atoms with van der Waals surface area (Å²) in [6.07, 6.45) is 7.73. The maximum atomic E-state index is 15.5. The lowest BCUT2D eigenvalue weighted by Crippen LogP contribution is -2.13. The van der Waals surface area contributed by atoms with E-state index < -0.39 is 5.97 Å². The molecule has 1 aliphatic rings. The first-order valence-electron chi connectivity index (χ1n) is 13.6. The van der Waals surface area contributed by atoms with Crippen LogP contribution in [0.5, 0.6) is 5.75 Å². The molecule has 200 valence electrons. The summed E-state index contributed by atoms with van der Waals surface area (Å²) in [6.45, 7) is 5.44. The van der Waals surface area contributed by atoms with Crippen LogP contribution in [0.4, 0.5) is 4.39 Å². The summed E-state index contributed by atoms with van der Waals surface area (Å²) in [4.78, 5) is 11.7. The van der Waals surface area contributed by atoms with Crippen molar-refractivity contribution in [3.8, 4) is 28.0 Å². The van der Waals surface area contributed by atoms with Crippen LogP contribution in [0.25, 0.3) is 22.3 Å². The van der Waals surface area contributed by atoms with Gasteiger partial charge in [-0.05, 0) is 72.9 Å². The second-order valence-corrected chi connectivity index (χ2v) is 10.1. The lowest BCUT2D eigenvalue weighted by atomic mass is 9.83. The Bertz CT molecular complexity index is 1240. The van der Waals surface area contributed by atoms with E-state index in [4.69, 9.17) is 9.47 Å². The molecule has 38 heavy (non-hydrogen) atoms. The Morgan fingerprint density at radius 3 is 2.34 bits per heavy atom. The molecule has 0 spiro atoms. The number of ether oxygens (including phenoxy) is 2. The van der Waals surface area contributed by atoms with E-state index in [0.29, 0.717) is 41.2 Å².